The third-order valence-corrected chi connectivity index (χ3v) is 7.65. The average molecular weight is 525 g/mol. The average Bonchev–Trinajstić information content (AvgIpc) is 2.88. The van der Waals surface area contributed by atoms with E-state index in [4.69, 9.17) is 9.84 Å². The summed E-state index contributed by atoms with van der Waals surface area (Å²) < 4.78 is 5.74. The topological polar surface area (TPSA) is 63.6 Å². The minimum atomic E-state index is -0.680. The van der Waals surface area contributed by atoms with Crippen LogP contribution in [0.25, 0.3) is 0 Å². The van der Waals surface area contributed by atoms with E-state index in [0.717, 1.165) is 51.4 Å². The van der Waals surface area contributed by atoms with Gasteiger partial charge >= 0.3 is 11.9 Å². The molecule has 37 heavy (non-hydrogen) atoms. The first kappa shape index (κ1) is 35.9. The zero-order chi connectivity index (χ0) is 27.2. The first-order valence-corrected chi connectivity index (χ1v) is 16.5. The van der Waals surface area contributed by atoms with Crippen LogP contribution in [0.2, 0.25) is 0 Å². The first-order valence-electron chi connectivity index (χ1n) is 16.5. The van der Waals surface area contributed by atoms with Gasteiger partial charge in [0.15, 0.2) is 0 Å². The Bertz CT molecular complexity index is 491. The summed E-state index contributed by atoms with van der Waals surface area (Å²) in [6.45, 7) is 4.40. The second kappa shape index (κ2) is 29.5. The number of carboxylic acids is 1. The third-order valence-electron chi connectivity index (χ3n) is 7.65. The van der Waals surface area contributed by atoms with Crippen LogP contribution in [0.4, 0.5) is 0 Å². The number of carbonyl (C=O) groups excluding carboxylic acids is 1. The molecule has 4 nitrogen and oxygen atoms in total. The fourth-order valence-electron chi connectivity index (χ4n) is 5.12. The van der Waals surface area contributed by atoms with Crippen molar-refractivity contribution in [1.82, 2.24) is 0 Å². The molecule has 0 saturated carbocycles. The number of esters is 1. The predicted molar refractivity (Wildman–Crippen MR) is 158 cm³/mol. The van der Waals surface area contributed by atoms with E-state index in [2.05, 4.69) is 13.8 Å². The van der Waals surface area contributed by atoms with Gasteiger partial charge in [0, 0.05) is 12.8 Å². The van der Waals surface area contributed by atoms with E-state index in [0.29, 0.717) is 12.8 Å². The van der Waals surface area contributed by atoms with E-state index in [-0.39, 0.29) is 12.1 Å². The van der Waals surface area contributed by atoms with Crippen molar-refractivity contribution in [3.05, 3.63) is 0 Å². The number of hydrogen-bond acceptors (Lipinski definition) is 3. The van der Waals surface area contributed by atoms with Gasteiger partial charge in [-0.2, -0.15) is 0 Å². The van der Waals surface area contributed by atoms with Crippen molar-refractivity contribution >= 4 is 11.9 Å². The van der Waals surface area contributed by atoms with Crippen LogP contribution >= 0.6 is 0 Å². The number of unbranched alkanes of at least 4 members (excludes halogenated alkanes) is 22. The smallest absolute Gasteiger partial charge is 0.306 e. The number of carboxylic acid groups (broad SMARTS) is 1. The standard InChI is InChI=1S/C33H64O4/c1-3-5-6-7-8-9-10-11-12-13-14-18-21-24-27-30-33(36)37-31(4-2)28-25-22-19-16-15-17-20-23-26-29-32(34)35/h31H,3-30H2,1-2H3,(H,34,35). The van der Waals surface area contributed by atoms with E-state index >= 15 is 0 Å². The maximum Gasteiger partial charge on any atom is 0.306 e. The quantitative estimate of drug-likeness (QED) is 0.0749. The Hall–Kier alpha value is -1.06. The van der Waals surface area contributed by atoms with Crippen LogP contribution < -0.4 is 0 Å². The molecule has 0 heterocycles. The predicted octanol–water partition coefficient (Wildman–Crippen LogP) is 10.9. The van der Waals surface area contributed by atoms with Crippen LogP contribution in [0.5, 0.6) is 0 Å². The van der Waals surface area contributed by atoms with Crippen molar-refractivity contribution in [1.29, 1.82) is 0 Å². The molecule has 0 aromatic heterocycles. The van der Waals surface area contributed by atoms with Crippen LogP contribution in [-0.4, -0.2) is 23.1 Å². The maximum absolute atomic E-state index is 12.2. The van der Waals surface area contributed by atoms with Crippen LogP contribution in [0, 0.1) is 0 Å². The van der Waals surface area contributed by atoms with Crippen molar-refractivity contribution in [3.8, 4) is 0 Å². The van der Waals surface area contributed by atoms with E-state index < -0.39 is 5.97 Å². The molecule has 0 aliphatic rings. The zero-order valence-corrected chi connectivity index (χ0v) is 25.0. The van der Waals surface area contributed by atoms with Crippen molar-refractivity contribution in [2.24, 2.45) is 0 Å². The van der Waals surface area contributed by atoms with Gasteiger partial charge < -0.3 is 9.84 Å². The highest BCUT2D eigenvalue weighted by Crippen LogP contribution is 2.16. The minimum absolute atomic E-state index is 0.00411. The summed E-state index contributed by atoms with van der Waals surface area (Å²) >= 11 is 0. The van der Waals surface area contributed by atoms with Crippen LogP contribution in [0.15, 0.2) is 0 Å². The molecule has 4 heteroatoms. The van der Waals surface area contributed by atoms with Gasteiger partial charge in [-0.05, 0) is 32.1 Å². The summed E-state index contributed by atoms with van der Waals surface area (Å²) in [5.41, 5.74) is 0. The molecule has 1 atom stereocenters. The number of ether oxygens (including phenoxy) is 1. The van der Waals surface area contributed by atoms with Crippen molar-refractivity contribution in [2.75, 3.05) is 0 Å². The summed E-state index contributed by atoms with van der Waals surface area (Å²) in [7, 11) is 0. The van der Waals surface area contributed by atoms with Gasteiger partial charge in [-0.15, -0.1) is 0 Å². The Morgan fingerprint density at radius 2 is 0.865 bits per heavy atom. The number of aliphatic carboxylic acids is 1. The second-order valence-electron chi connectivity index (χ2n) is 11.3. The molecule has 0 aromatic rings. The Morgan fingerprint density at radius 3 is 1.24 bits per heavy atom. The highest BCUT2D eigenvalue weighted by Gasteiger charge is 2.12. The maximum atomic E-state index is 12.2. The zero-order valence-electron chi connectivity index (χ0n) is 25.0. The third kappa shape index (κ3) is 29.4. The van der Waals surface area contributed by atoms with Gasteiger partial charge in [-0.1, -0.05) is 149 Å². The lowest BCUT2D eigenvalue weighted by molar-refractivity contribution is -0.149. The Labute approximate surface area is 231 Å². The molecule has 0 bridgehead atoms. The summed E-state index contributed by atoms with van der Waals surface area (Å²) in [6.07, 6.45) is 33.4. The van der Waals surface area contributed by atoms with Crippen molar-refractivity contribution in [3.63, 3.8) is 0 Å². The minimum Gasteiger partial charge on any atom is -0.481 e. The monoisotopic (exact) mass is 524 g/mol. The largest absolute Gasteiger partial charge is 0.481 e. The molecule has 0 aliphatic carbocycles. The lowest BCUT2D eigenvalue weighted by Crippen LogP contribution is -2.17. The molecule has 220 valence electrons. The van der Waals surface area contributed by atoms with Crippen LogP contribution in [0.3, 0.4) is 0 Å². The first-order chi connectivity index (χ1) is 18.1. The van der Waals surface area contributed by atoms with Gasteiger partial charge in [-0.3, -0.25) is 9.59 Å². The van der Waals surface area contributed by atoms with E-state index in [1.54, 1.807) is 0 Å². The Balaban J connectivity index is 3.41. The molecular weight excluding hydrogens is 460 g/mol. The fourth-order valence-corrected chi connectivity index (χ4v) is 5.12. The molecule has 0 radical (unpaired) electrons. The van der Waals surface area contributed by atoms with Gasteiger partial charge in [0.1, 0.15) is 6.10 Å². The molecule has 0 spiro atoms. The van der Waals surface area contributed by atoms with E-state index in [1.165, 1.54) is 116 Å². The van der Waals surface area contributed by atoms with Gasteiger partial charge in [0.05, 0.1) is 0 Å². The fraction of sp³-hybridized carbons (Fsp3) is 0.939. The highest BCUT2D eigenvalue weighted by atomic mass is 16.5. The molecule has 0 aromatic carbocycles. The lowest BCUT2D eigenvalue weighted by Gasteiger charge is -2.16. The molecule has 0 aliphatic heterocycles. The summed E-state index contributed by atoms with van der Waals surface area (Å²) in [5.74, 6) is -0.675. The molecule has 0 rings (SSSR count). The molecule has 0 amide bonds. The van der Waals surface area contributed by atoms with Crippen LogP contribution in [0.1, 0.15) is 194 Å². The highest BCUT2D eigenvalue weighted by molar-refractivity contribution is 5.69. The summed E-state index contributed by atoms with van der Waals surface area (Å²) in [6, 6.07) is 0. The normalized spacial score (nSPS) is 12.1. The van der Waals surface area contributed by atoms with E-state index in [1.807, 2.05) is 0 Å². The number of hydrogen-bond donors (Lipinski definition) is 1. The number of rotatable bonds is 30. The van der Waals surface area contributed by atoms with Crippen LogP contribution in [-0.2, 0) is 14.3 Å². The molecular formula is C33H64O4. The Kier molecular flexibility index (Phi) is 28.7. The summed E-state index contributed by atoms with van der Waals surface area (Å²) in [4.78, 5) is 22.7. The molecule has 0 saturated heterocycles. The molecule has 1 N–H and O–H groups in total. The van der Waals surface area contributed by atoms with Gasteiger partial charge in [0.2, 0.25) is 0 Å². The SMILES string of the molecule is CCCCCCCCCCCCCCCCCC(=O)OC(CC)CCCCCCCCCCCC(=O)O. The van der Waals surface area contributed by atoms with Gasteiger partial charge in [0.25, 0.3) is 0 Å². The second-order valence-corrected chi connectivity index (χ2v) is 11.3. The van der Waals surface area contributed by atoms with Gasteiger partial charge in [-0.25, -0.2) is 0 Å². The lowest BCUT2D eigenvalue weighted by atomic mass is 10.0. The van der Waals surface area contributed by atoms with E-state index in [9.17, 15) is 9.59 Å². The Morgan fingerprint density at radius 1 is 0.514 bits per heavy atom. The van der Waals surface area contributed by atoms with Crippen molar-refractivity contribution < 1.29 is 19.4 Å². The molecule has 1 unspecified atom stereocenters. The number of carbonyl (C=O) groups is 2. The molecule has 0 fully saturated rings. The van der Waals surface area contributed by atoms with Crippen molar-refractivity contribution in [2.45, 2.75) is 200 Å². The summed E-state index contributed by atoms with van der Waals surface area (Å²) in [5, 5.41) is 8.64.